The van der Waals surface area contributed by atoms with Gasteiger partial charge in [-0.05, 0) is 36.8 Å². The lowest BCUT2D eigenvalue weighted by Gasteiger charge is -2.10. The highest BCUT2D eigenvalue weighted by Crippen LogP contribution is 2.22. The standard InChI is InChI=1S/C22H12ClF2N3O2/c1-12-11-26-19-18(17(12)23)27-22(30)28(21(19)29)20-15(24)9-14(10-16(20)25)8-7-13-5-3-2-4-6-13/h2-6,9-11H,1H3,(H,27,30). The predicted molar refractivity (Wildman–Crippen MR) is 110 cm³/mol. The van der Waals surface area contributed by atoms with E-state index in [9.17, 15) is 18.4 Å². The zero-order valence-electron chi connectivity index (χ0n) is 15.5. The van der Waals surface area contributed by atoms with Crippen molar-refractivity contribution in [2.45, 2.75) is 6.92 Å². The first-order chi connectivity index (χ1) is 14.4. The molecule has 2 aromatic heterocycles. The predicted octanol–water partition coefficient (Wildman–Crippen LogP) is 3.71. The average molecular weight is 424 g/mol. The van der Waals surface area contributed by atoms with Crippen LogP contribution in [0.1, 0.15) is 16.7 Å². The van der Waals surface area contributed by atoms with Gasteiger partial charge in [0.2, 0.25) is 0 Å². The van der Waals surface area contributed by atoms with Crippen LogP contribution in [0.15, 0.2) is 58.3 Å². The maximum atomic E-state index is 14.8. The highest BCUT2D eigenvalue weighted by molar-refractivity contribution is 6.35. The molecule has 2 heterocycles. The van der Waals surface area contributed by atoms with Crippen molar-refractivity contribution in [1.29, 1.82) is 0 Å². The van der Waals surface area contributed by atoms with E-state index >= 15 is 0 Å². The number of H-pyrrole nitrogens is 1. The molecule has 0 aliphatic rings. The maximum absolute atomic E-state index is 14.8. The minimum atomic E-state index is -1.11. The molecule has 0 saturated heterocycles. The number of benzene rings is 2. The van der Waals surface area contributed by atoms with Gasteiger partial charge in [0.1, 0.15) is 5.69 Å². The van der Waals surface area contributed by atoms with Crippen LogP contribution in [0.25, 0.3) is 16.7 Å². The van der Waals surface area contributed by atoms with Gasteiger partial charge in [-0.1, -0.05) is 41.6 Å². The molecule has 0 fully saturated rings. The summed E-state index contributed by atoms with van der Waals surface area (Å²) in [5, 5.41) is 0.133. The van der Waals surface area contributed by atoms with Crippen LogP contribution in [0.4, 0.5) is 8.78 Å². The molecule has 30 heavy (non-hydrogen) atoms. The molecule has 0 aliphatic heterocycles. The van der Waals surface area contributed by atoms with Gasteiger partial charge < -0.3 is 4.98 Å². The molecule has 0 atom stereocenters. The summed E-state index contributed by atoms with van der Waals surface area (Å²) < 4.78 is 29.9. The first-order valence-electron chi connectivity index (χ1n) is 8.73. The molecule has 0 bridgehead atoms. The Hall–Kier alpha value is -3.76. The molecule has 4 aromatic rings. The number of aryl methyl sites for hydroxylation is 1. The third-order valence-electron chi connectivity index (χ3n) is 4.40. The molecule has 2 aromatic carbocycles. The Kier molecular flexibility index (Phi) is 4.94. The van der Waals surface area contributed by atoms with Crippen molar-refractivity contribution in [1.82, 2.24) is 14.5 Å². The number of aromatic nitrogens is 3. The van der Waals surface area contributed by atoms with Crippen molar-refractivity contribution in [3.8, 4) is 17.5 Å². The Labute approximate surface area is 173 Å². The van der Waals surface area contributed by atoms with Gasteiger partial charge in [-0.25, -0.2) is 23.1 Å². The number of hydrogen-bond donors (Lipinski definition) is 1. The lowest BCUT2D eigenvalue weighted by atomic mass is 10.1. The SMILES string of the molecule is Cc1cnc2c(=O)n(-c3c(F)cc(C#Cc4ccccc4)cc3F)c(=O)[nH]c2c1Cl. The fraction of sp³-hybridized carbons (Fsp3) is 0.0455. The molecule has 0 amide bonds. The maximum Gasteiger partial charge on any atom is 0.333 e. The average Bonchev–Trinajstić information content (AvgIpc) is 2.72. The van der Waals surface area contributed by atoms with Crippen LogP contribution in [0.3, 0.4) is 0 Å². The third-order valence-corrected chi connectivity index (χ3v) is 4.88. The largest absolute Gasteiger partial charge is 0.333 e. The van der Waals surface area contributed by atoms with Crippen LogP contribution >= 0.6 is 11.6 Å². The summed E-state index contributed by atoms with van der Waals surface area (Å²) in [4.78, 5) is 31.6. The monoisotopic (exact) mass is 423 g/mol. The Morgan fingerprint density at radius 3 is 2.33 bits per heavy atom. The summed E-state index contributed by atoms with van der Waals surface area (Å²) in [6, 6.07) is 10.8. The molecule has 0 unspecified atom stereocenters. The number of pyridine rings is 1. The minimum absolute atomic E-state index is 0.00841. The first kappa shape index (κ1) is 19.6. The van der Waals surface area contributed by atoms with E-state index in [1.165, 1.54) is 6.20 Å². The fourth-order valence-corrected chi connectivity index (χ4v) is 3.13. The Bertz CT molecular complexity index is 1460. The van der Waals surface area contributed by atoms with Gasteiger partial charge in [0.25, 0.3) is 5.56 Å². The third kappa shape index (κ3) is 3.38. The van der Waals surface area contributed by atoms with Gasteiger partial charge in [0.15, 0.2) is 17.2 Å². The molecule has 0 saturated carbocycles. The second kappa shape index (κ2) is 7.58. The van der Waals surface area contributed by atoms with Crippen LogP contribution < -0.4 is 11.2 Å². The summed E-state index contributed by atoms with van der Waals surface area (Å²) >= 11 is 6.12. The summed E-state index contributed by atoms with van der Waals surface area (Å²) in [5.41, 5.74) is -1.78. The number of halogens is 3. The quantitative estimate of drug-likeness (QED) is 0.474. The van der Waals surface area contributed by atoms with Crippen LogP contribution in [0, 0.1) is 30.4 Å². The van der Waals surface area contributed by atoms with Crippen LogP contribution in [0.5, 0.6) is 0 Å². The number of hydrogen-bond acceptors (Lipinski definition) is 3. The van der Waals surface area contributed by atoms with Crippen molar-refractivity contribution >= 4 is 22.6 Å². The molecule has 148 valence electrons. The number of nitrogens with one attached hydrogen (secondary N) is 1. The van der Waals surface area contributed by atoms with E-state index in [1.807, 2.05) is 6.07 Å². The van der Waals surface area contributed by atoms with E-state index in [0.29, 0.717) is 15.7 Å². The van der Waals surface area contributed by atoms with Gasteiger partial charge in [0, 0.05) is 17.3 Å². The summed E-state index contributed by atoms with van der Waals surface area (Å²) in [6.07, 6.45) is 1.34. The number of aromatic amines is 1. The van der Waals surface area contributed by atoms with E-state index in [1.54, 1.807) is 31.2 Å². The van der Waals surface area contributed by atoms with Gasteiger partial charge in [-0.2, -0.15) is 0 Å². The van der Waals surface area contributed by atoms with E-state index < -0.39 is 28.6 Å². The summed E-state index contributed by atoms with van der Waals surface area (Å²) in [6.45, 7) is 1.65. The Morgan fingerprint density at radius 1 is 1.03 bits per heavy atom. The number of rotatable bonds is 1. The van der Waals surface area contributed by atoms with Gasteiger partial charge >= 0.3 is 5.69 Å². The van der Waals surface area contributed by atoms with Crippen LogP contribution in [-0.2, 0) is 0 Å². The van der Waals surface area contributed by atoms with Crippen molar-refractivity contribution < 1.29 is 8.78 Å². The van der Waals surface area contributed by atoms with Crippen molar-refractivity contribution in [3.63, 3.8) is 0 Å². The van der Waals surface area contributed by atoms with Crippen molar-refractivity contribution in [2.75, 3.05) is 0 Å². The van der Waals surface area contributed by atoms with E-state index in [0.717, 1.165) is 12.1 Å². The zero-order chi connectivity index (χ0) is 21.4. The zero-order valence-corrected chi connectivity index (χ0v) is 16.2. The van der Waals surface area contributed by atoms with Gasteiger partial charge in [-0.3, -0.25) is 4.79 Å². The number of fused-ring (bicyclic) bond motifs is 1. The second-order valence-electron chi connectivity index (χ2n) is 6.45. The topological polar surface area (TPSA) is 67.8 Å². The van der Waals surface area contributed by atoms with Gasteiger partial charge in [0.05, 0.1) is 10.5 Å². The lowest BCUT2D eigenvalue weighted by Crippen LogP contribution is -2.35. The molecule has 1 N–H and O–H groups in total. The molecule has 0 aliphatic carbocycles. The van der Waals surface area contributed by atoms with Gasteiger partial charge in [-0.15, -0.1) is 0 Å². The van der Waals surface area contributed by atoms with Crippen molar-refractivity contribution in [2.24, 2.45) is 0 Å². The van der Waals surface area contributed by atoms with E-state index in [4.69, 9.17) is 11.6 Å². The van der Waals surface area contributed by atoms with E-state index in [-0.39, 0.29) is 21.6 Å². The highest BCUT2D eigenvalue weighted by atomic mass is 35.5. The lowest BCUT2D eigenvalue weighted by molar-refractivity contribution is 0.562. The molecular formula is C22H12ClF2N3O2. The molecule has 0 radical (unpaired) electrons. The van der Waals surface area contributed by atoms with E-state index in [2.05, 4.69) is 21.8 Å². The molecule has 4 rings (SSSR count). The molecule has 5 nitrogen and oxygen atoms in total. The smallest absolute Gasteiger partial charge is 0.304 e. The van der Waals surface area contributed by atoms with Crippen LogP contribution in [0.2, 0.25) is 5.02 Å². The molecule has 0 spiro atoms. The minimum Gasteiger partial charge on any atom is -0.304 e. The normalized spacial score (nSPS) is 10.7. The summed E-state index contributed by atoms with van der Waals surface area (Å²) in [5.74, 6) is 3.22. The summed E-state index contributed by atoms with van der Waals surface area (Å²) in [7, 11) is 0. The van der Waals surface area contributed by atoms with Crippen molar-refractivity contribution in [3.05, 3.63) is 103 Å². The Balaban J connectivity index is 1.89. The highest BCUT2D eigenvalue weighted by Gasteiger charge is 2.20. The Morgan fingerprint density at radius 2 is 1.67 bits per heavy atom. The first-order valence-corrected chi connectivity index (χ1v) is 9.11. The fourth-order valence-electron chi connectivity index (χ4n) is 2.94. The second-order valence-corrected chi connectivity index (χ2v) is 6.83. The van der Waals surface area contributed by atoms with Crippen LogP contribution in [-0.4, -0.2) is 14.5 Å². The molecule has 8 heteroatoms. The molecular weight excluding hydrogens is 412 g/mol. The number of nitrogens with zero attached hydrogens (tertiary/aromatic N) is 2.